The molecule has 0 nitrogen and oxygen atoms in total. The van der Waals surface area contributed by atoms with Gasteiger partial charge in [0.1, 0.15) is 0 Å². The van der Waals surface area contributed by atoms with Crippen molar-refractivity contribution in [1.82, 2.24) is 0 Å². The topological polar surface area (TPSA) is 0 Å². The van der Waals surface area contributed by atoms with Gasteiger partial charge in [-0.05, 0) is 0 Å². The summed E-state index contributed by atoms with van der Waals surface area (Å²) in [5.74, 6) is 0. The standard InChI is InChI=1S/CH3.3ClH.Zr/h1H3;3*1H;. The van der Waals surface area contributed by atoms with Crippen molar-refractivity contribution in [3.8, 4) is 0 Å². The van der Waals surface area contributed by atoms with Crippen LogP contribution in [0.5, 0.6) is 0 Å². The van der Waals surface area contributed by atoms with Gasteiger partial charge in [0.2, 0.25) is 0 Å². The van der Waals surface area contributed by atoms with E-state index in [0.717, 1.165) is 0 Å². The van der Waals surface area contributed by atoms with Crippen molar-refractivity contribution in [2.75, 3.05) is 0 Å². The van der Waals surface area contributed by atoms with Gasteiger partial charge in [0.15, 0.2) is 0 Å². The second-order valence-corrected chi connectivity index (χ2v) is 0. The Morgan fingerprint density at radius 1 is 0.800 bits per heavy atom. The zero-order valence-corrected chi connectivity index (χ0v) is 7.63. The van der Waals surface area contributed by atoms with Crippen LogP contribution in [-0.4, -0.2) is 0 Å². The van der Waals surface area contributed by atoms with Crippen molar-refractivity contribution in [3.05, 3.63) is 0 Å². The Morgan fingerprint density at radius 3 is 0.800 bits per heavy atom. The van der Waals surface area contributed by atoms with E-state index in [1.807, 2.05) is 0 Å². The van der Waals surface area contributed by atoms with Crippen molar-refractivity contribution in [1.29, 1.82) is 0 Å². The average molecular weight is 216 g/mol. The van der Waals surface area contributed by atoms with E-state index >= 15 is 0 Å². The summed E-state index contributed by atoms with van der Waals surface area (Å²) >= 11 is 1.55. The van der Waals surface area contributed by atoms with E-state index in [-0.39, 0.29) is 37.2 Å². The molecule has 0 radical (unpaired) electrons. The predicted octanol–water partition coefficient (Wildman–Crippen LogP) is 1.85. The molecule has 0 spiro atoms. The molecule has 5 heavy (non-hydrogen) atoms. The van der Waals surface area contributed by atoms with Gasteiger partial charge in [0, 0.05) is 0 Å². The zero-order valence-electron chi connectivity index (χ0n) is 2.72. The van der Waals surface area contributed by atoms with Gasteiger partial charge >= 0.3 is 29.4 Å². The number of halogens is 3. The van der Waals surface area contributed by atoms with E-state index in [0.29, 0.717) is 0 Å². The van der Waals surface area contributed by atoms with Gasteiger partial charge in [-0.1, -0.05) is 0 Å². The quantitative estimate of drug-likeness (QED) is 0.579. The molecule has 0 bridgehead atoms. The Labute approximate surface area is 66.2 Å². The summed E-state index contributed by atoms with van der Waals surface area (Å²) in [7, 11) is 0. The van der Waals surface area contributed by atoms with Crippen LogP contribution < -0.4 is 0 Å². The van der Waals surface area contributed by atoms with Crippen molar-refractivity contribution in [2.24, 2.45) is 0 Å². The molecule has 0 aromatic carbocycles. The van der Waals surface area contributed by atoms with Gasteiger partial charge in [0.05, 0.1) is 0 Å². The van der Waals surface area contributed by atoms with Crippen LogP contribution in [0.15, 0.2) is 0 Å². The van der Waals surface area contributed by atoms with Crippen LogP contribution >= 0.6 is 37.2 Å². The Balaban J connectivity index is -0.00000000167. The van der Waals surface area contributed by atoms with Crippen LogP contribution in [0.25, 0.3) is 0 Å². The average Bonchev–Trinajstić information content (AvgIpc) is 1.00. The van der Waals surface area contributed by atoms with Crippen molar-refractivity contribution in [3.63, 3.8) is 0 Å². The van der Waals surface area contributed by atoms with E-state index in [9.17, 15) is 0 Å². The first-order valence-electron chi connectivity index (χ1n) is 0.500. The summed E-state index contributed by atoms with van der Waals surface area (Å²) in [6.07, 6.45) is 0. The number of rotatable bonds is 0. The second kappa shape index (κ2) is 42.3. The summed E-state index contributed by atoms with van der Waals surface area (Å²) in [5, 5.41) is 0. The fraction of sp³-hybridized carbons (Fsp3) is 1.00. The van der Waals surface area contributed by atoms with E-state index in [1.165, 1.54) is 0 Å². The van der Waals surface area contributed by atoms with Crippen LogP contribution in [0.4, 0.5) is 0 Å². The molecule has 35 valence electrons. The fourth-order valence-corrected chi connectivity index (χ4v) is 0. The molecule has 0 amide bonds. The van der Waals surface area contributed by atoms with Crippen LogP contribution in [0.1, 0.15) is 0 Å². The molecule has 0 saturated carbocycles. The molecule has 0 aliphatic rings. The van der Waals surface area contributed by atoms with E-state index < -0.39 is 0 Å². The van der Waals surface area contributed by atoms with Gasteiger partial charge in [-0.3, -0.25) is 0 Å². The second-order valence-electron chi connectivity index (χ2n) is 0. The maximum absolute atomic E-state index is 2.09. The Kier molecular flexibility index (Phi) is 249. The van der Waals surface area contributed by atoms with Gasteiger partial charge in [-0.2, -0.15) is 0 Å². The van der Waals surface area contributed by atoms with Crippen LogP contribution in [0.3, 0.4) is 0 Å². The summed E-state index contributed by atoms with van der Waals surface area (Å²) in [4.78, 5) is 0. The van der Waals surface area contributed by atoms with E-state index in [4.69, 9.17) is 0 Å². The SMILES string of the molecule is Cl.Cl.Cl.[CH3][Zr]. The molecular formula is CH6Cl3Zr. The number of hydrogen-bond acceptors (Lipinski definition) is 0. The molecule has 0 fully saturated rings. The predicted molar refractivity (Wildman–Crippen MR) is 27.6 cm³/mol. The third-order valence-electron chi connectivity index (χ3n) is 0. The summed E-state index contributed by atoms with van der Waals surface area (Å²) in [6, 6.07) is 0. The first kappa shape index (κ1) is 29.5. The molecule has 0 N–H and O–H groups in total. The molecule has 0 unspecified atom stereocenters. The van der Waals surface area contributed by atoms with E-state index in [1.54, 1.807) is 24.7 Å². The maximum atomic E-state index is 2.09. The minimum atomic E-state index is 0. The third-order valence-corrected chi connectivity index (χ3v) is 0. The summed E-state index contributed by atoms with van der Waals surface area (Å²) in [6.45, 7) is 0. The van der Waals surface area contributed by atoms with Crippen LogP contribution in [0.2, 0.25) is 4.63 Å². The monoisotopic (exact) mass is 213 g/mol. The first-order chi connectivity index (χ1) is 1.00. The Hall–Kier alpha value is 1.75. The normalized spacial score (nSPS) is 0.800. The molecule has 0 aromatic heterocycles. The molecule has 0 rings (SSSR count). The Bertz CT molecular complexity index is 6.85. The molecular weight excluding hydrogens is 210 g/mol. The van der Waals surface area contributed by atoms with Crippen LogP contribution in [0, 0.1) is 0 Å². The molecule has 0 atom stereocenters. The van der Waals surface area contributed by atoms with Crippen molar-refractivity contribution >= 4 is 37.2 Å². The molecule has 0 aromatic rings. The third kappa shape index (κ3) is 26.4. The molecule has 0 aliphatic carbocycles. The molecule has 0 heterocycles. The molecule has 4 heteroatoms. The van der Waals surface area contributed by atoms with Gasteiger partial charge in [-0.25, -0.2) is 0 Å². The summed E-state index contributed by atoms with van der Waals surface area (Å²) in [5.41, 5.74) is 0. The van der Waals surface area contributed by atoms with Crippen molar-refractivity contribution in [2.45, 2.75) is 4.63 Å². The molecule has 0 saturated heterocycles. The first-order valence-corrected chi connectivity index (χ1v) is 2.96. The van der Waals surface area contributed by atoms with E-state index in [2.05, 4.69) is 4.63 Å². The number of hydrogen-bond donors (Lipinski definition) is 0. The Morgan fingerprint density at radius 2 is 0.800 bits per heavy atom. The zero-order chi connectivity index (χ0) is 2.00. The van der Waals surface area contributed by atoms with Crippen LogP contribution in [-0.2, 0) is 24.7 Å². The van der Waals surface area contributed by atoms with Crippen molar-refractivity contribution < 1.29 is 24.7 Å². The fourth-order valence-electron chi connectivity index (χ4n) is 0. The van der Waals surface area contributed by atoms with Gasteiger partial charge in [-0.15, -0.1) is 37.2 Å². The molecule has 0 aliphatic heterocycles. The minimum absolute atomic E-state index is 0. The van der Waals surface area contributed by atoms with Gasteiger partial charge < -0.3 is 0 Å². The van der Waals surface area contributed by atoms with Gasteiger partial charge in [0.25, 0.3) is 0 Å². The summed E-state index contributed by atoms with van der Waals surface area (Å²) < 4.78 is 2.09.